The summed E-state index contributed by atoms with van der Waals surface area (Å²) in [5, 5.41) is 2.34. The molecule has 110 valence electrons. The van der Waals surface area contributed by atoms with Crippen molar-refractivity contribution in [1.82, 2.24) is 0 Å². The number of hydrogen-bond donors (Lipinski definition) is 1. The van der Waals surface area contributed by atoms with Crippen LogP contribution >= 0.6 is 11.3 Å². The third kappa shape index (κ3) is 2.83. The third-order valence-electron chi connectivity index (χ3n) is 3.75. The summed E-state index contributed by atoms with van der Waals surface area (Å²) < 4.78 is 27.1. The quantitative estimate of drug-likeness (QED) is 0.875. The highest BCUT2D eigenvalue weighted by atomic mass is 32.1. The number of nitrogens with one attached hydrogen (secondary N) is 1. The van der Waals surface area contributed by atoms with E-state index in [4.69, 9.17) is 0 Å². The van der Waals surface area contributed by atoms with Gasteiger partial charge in [0.25, 0.3) is 5.91 Å². The summed E-state index contributed by atoms with van der Waals surface area (Å²) in [5.41, 5.74) is 0.806. The molecular formula is C16H15F2NOS. The molecule has 3 rings (SSSR count). The number of carbonyl (C=O) groups is 1. The van der Waals surface area contributed by atoms with E-state index >= 15 is 0 Å². The summed E-state index contributed by atoms with van der Waals surface area (Å²) in [5.74, 6) is -1.37. The molecule has 0 radical (unpaired) electrons. The molecule has 1 aromatic heterocycles. The molecule has 0 saturated heterocycles. The van der Waals surface area contributed by atoms with Crippen LogP contribution in [0, 0.1) is 17.6 Å². The van der Waals surface area contributed by atoms with E-state index in [0.717, 1.165) is 31.4 Å². The van der Waals surface area contributed by atoms with Gasteiger partial charge in [-0.3, -0.25) is 4.79 Å². The van der Waals surface area contributed by atoms with Crippen molar-refractivity contribution in [3.63, 3.8) is 0 Å². The molecule has 0 saturated carbocycles. The minimum absolute atomic E-state index is 0.387. The van der Waals surface area contributed by atoms with Gasteiger partial charge in [0.1, 0.15) is 17.3 Å². The predicted octanol–water partition coefficient (Wildman–Crippen LogP) is 4.40. The molecule has 1 atom stereocenters. The van der Waals surface area contributed by atoms with E-state index in [1.807, 2.05) is 6.07 Å². The van der Waals surface area contributed by atoms with E-state index in [2.05, 4.69) is 12.2 Å². The van der Waals surface area contributed by atoms with E-state index < -0.39 is 17.5 Å². The number of fused-ring (bicyclic) bond motifs is 1. The SMILES string of the molecule is CC1CCc2sc(C(=O)Nc3c(F)cccc3F)cc2C1. The number of anilines is 1. The first-order chi connectivity index (χ1) is 10.0. The van der Waals surface area contributed by atoms with Gasteiger partial charge < -0.3 is 5.32 Å². The number of rotatable bonds is 2. The van der Waals surface area contributed by atoms with Gasteiger partial charge in [0, 0.05) is 4.88 Å². The van der Waals surface area contributed by atoms with Gasteiger partial charge in [-0.25, -0.2) is 8.78 Å². The van der Waals surface area contributed by atoms with Crippen molar-refractivity contribution < 1.29 is 13.6 Å². The zero-order valence-corrected chi connectivity index (χ0v) is 12.4. The van der Waals surface area contributed by atoms with Crippen LogP contribution in [0.3, 0.4) is 0 Å². The lowest BCUT2D eigenvalue weighted by atomic mass is 9.90. The highest BCUT2D eigenvalue weighted by Crippen LogP contribution is 2.32. The Labute approximate surface area is 125 Å². The van der Waals surface area contributed by atoms with E-state index in [0.29, 0.717) is 10.8 Å². The number of thiophene rings is 1. The number of aryl methyl sites for hydroxylation is 1. The molecule has 0 aliphatic heterocycles. The normalized spacial score (nSPS) is 17.4. The van der Waals surface area contributed by atoms with Crippen LogP contribution in [0.2, 0.25) is 0 Å². The Bertz CT molecular complexity index is 675. The maximum Gasteiger partial charge on any atom is 0.265 e. The van der Waals surface area contributed by atoms with E-state index in [9.17, 15) is 13.6 Å². The van der Waals surface area contributed by atoms with Gasteiger partial charge in [-0.15, -0.1) is 11.3 Å². The Kier molecular flexibility index (Phi) is 3.76. The Morgan fingerprint density at radius 1 is 1.33 bits per heavy atom. The second-order valence-electron chi connectivity index (χ2n) is 5.46. The number of hydrogen-bond acceptors (Lipinski definition) is 2. The number of halogens is 2. The minimum Gasteiger partial charge on any atom is -0.316 e. The Balaban J connectivity index is 1.83. The summed E-state index contributed by atoms with van der Waals surface area (Å²) in [6, 6.07) is 5.37. The van der Waals surface area contributed by atoms with Gasteiger partial charge in [0.05, 0.1) is 4.88 Å². The topological polar surface area (TPSA) is 29.1 Å². The second kappa shape index (κ2) is 5.56. The Morgan fingerprint density at radius 2 is 2.05 bits per heavy atom. The molecular weight excluding hydrogens is 292 g/mol. The fourth-order valence-corrected chi connectivity index (χ4v) is 3.71. The van der Waals surface area contributed by atoms with Crippen molar-refractivity contribution in [3.05, 3.63) is 51.2 Å². The number of benzene rings is 1. The van der Waals surface area contributed by atoms with E-state index in [1.54, 1.807) is 0 Å². The lowest BCUT2D eigenvalue weighted by molar-refractivity contribution is 0.102. The van der Waals surface area contributed by atoms with Gasteiger partial charge >= 0.3 is 0 Å². The van der Waals surface area contributed by atoms with Gasteiger partial charge in [-0.2, -0.15) is 0 Å². The molecule has 1 N–H and O–H groups in total. The van der Waals surface area contributed by atoms with Gasteiger partial charge in [-0.1, -0.05) is 13.0 Å². The lowest BCUT2D eigenvalue weighted by Gasteiger charge is -2.16. The molecule has 0 bridgehead atoms. The number of para-hydroxylation sites is 1. The molecule has 1 aromatic carbocycles. The fraction of sp³-hybridized carbons (Fsp3) is 0.312. The Morgan fingerprint density at radius 3 is 2.76 bits per heavy atom. The molecule has 1 unspecified atom stereocenters. The Hall–Kier alpha value is -1.75. The fourth-order valence-electron chi connectivity index (χ4n) is 2.61. The zero-order chi connectivity index (χ0) is 15.0. The van der Waals surface area contributed by atoms with Crippen LogP contribution in [0.25, 0.3) is 0 Å². The van der Waals surface area contributed by atoms with Crippen molar-refractivity contribution >= 4 is 22.9 Å². The molecule has 0 spiro atoms. The summed E-state index contributed by atoms with van der Waals surface area (Å²) in [4.78, 5) is 13.9. The first-order valence-electron chi connectivity index (χ1n) is 6.91. The van der Waals surface area contributed by atoms with Crippen molar-refractivity contribution in [3.8, 4) is 0 Å². The predicted molar refractivity (Wildman–Crippen MR) is 79.8 cm³/mol. The van der Waals surface area contributed by atoms with Crippen molar-refractivity contribution in [2.45, 2.75) is 26.2 Å². The molecule has 2 nitrogen and oxygen atoms in total. The van der Waals surface area contributed by atoms with Crippen LogP contribution in [0.4, 0.5) is 14.5 Å². The first-order valence-corrected chi connectivity index (χ1v) is 7.73. The van der Waals surface area contributed by atoms with Crippen LogP contribution < -0.4 is 5.32 Å². The van der Waals surface area contributed by atoms with Gasteiger partial charge in [0.2, 0.25) is 0 Å². The highest BCUT2D eigenvalue weighted by Gasteiger charge is 2.21. The molecule has 5 heteroatoms. The molecule has 1 amide bonds. The van der Waals surface area contributed by atoms with Crippen LogP contribution in [0.1, 0.15) is 33.5 Å². The molecule has 21 heavy (non-hydrogen) atoms. The first kappa shape index (κ1) is 14.2. The number of carbonyl (C=O) groups excluding carboxylic acids is 1. The second-order valence-corrected chi connectivity index (χ2v) is 6.59. The molecule has 1 heterocycles. The van der Waals surface area contributed by atoms with Gasteiger partial charge in [-0.05, 0) is 48.9 Å². The summed E-state index contributed by atoms with van der Waals surface area (Å²) in [6.07, 6.45) is 3.06. The van der Waals surface area contributed by atoms with E-state index in [1.165, 1.54) is 27.8 Å². The maximum atomic E-state index is 13.6. The van der Waals surface area contributed by atoms with Crippen molar-refractivity contribution in [2.75, 3.05) is 5.32 Å². The highest BCUT2D eigenvalue weighted by molar-refractivity contribution is 7.14. The summed E-state index contributed by atoms with van der Waals surface area (Å²) >= 11 is 1.42. The van der Waals surface area contributed by atoms with E-state index in [-0.39, 0.29) is 5.69 Å². The molecule has 0 fully saturated rings. The van der Waals surface area contributed by atoms with Crippen molar-refractivity contribution in [1.29, 1.82) is 0 Å². The largest absolute Gasteiger partial charge is 0.316 e. The van der Waals surface area contributed by atoms with Crippen LogP contribution in [-0.4, -0.2) is 5.91 Å². The third-order valence-corrected chi connectivity index (χ3v) is 4.99. The van der Waals surface area contributed by atoms with Crippen molar-refractivity contribution in [2.24, 2.45) is 5.92 Å². The van der Waals surface area contributed by atoms with Gasteiger partial charge in [0.15, 0.2) is 0 Å². The van der Waals surface area contributed by atoms with Crippen LogP contribution in [-0.2, 0) is 12.8 Å². The number of amides is 1. The van der Waals surface area contributed by atoms with Crippen LogP contribution in [0.5, 0.6) is 0 Å². The standard InChI is InChI=1S/C16H15F2NOS/c1-9-5-6-13-10(7-9)8-14(21-13)16(20)19-15-11(17)3-2-4-12(15)18/h2-4,8-9H,5-7H2,1H3,(H,19,20). The lowest BCUT2D eigenvalue weighted by Crippen LogP contribution is -2.13. The monoisotopic (exact) mass is 307 g/mol. The average molecular weight is 307 g/mol. The van der Waals surface area contributed by atoms with Crippen LogP contribution in [0.15, 0.2) is 24.3 Å². The summed E-state index contributed by atoms with van der Waals surface area (Å²) in [7, 11) is 0. The summed E-state index contributed by atoms with van der Waals surface area (Å²) in [6.45, 7) is 2.19. The minimum atomic E-state index is -0.765. The molecule has 1 aliphatic carbocycles. The smallest absolute Gasteiger partial charge is 0.265 e. The zero-order valence-electron chi connectivity index (χ0n) is 11.6. The maximum absolute atomic E-state index is 13.6. The average Bonchev–Trinajstić information content (AvgIpc) is 2.86. The molecule has 1 aliphatic rings. The molecule has 2 aromatic rings.